The van der Waals surface area contributed by atoms with Crippen molar-refractivity contribution >= 4 is 34.3 Å². The highest BCUT2D eigenvalue weighted by molar-refractivity contribution is 7.86. The van der Waals surface area contributed by atoms with Gasteiger partial charge in [-0.25, -0.2) is 14.4 Å². The van der Waals surface area contributed by atoms with Crippen LogP contribution in [-0.2, 0) is 10.2 Å². The molecule has 15 heteroatoms. The van der Waals surface area contributed by atoms with Crippen LogP contribution in [0.25, 0.3) is 0 Å². The first kappa shape index (κ1) is 37.6. The van der Waals surface area contributed by atoms with Gasteiger partial charge in [-0.1, -0.05) is 0 Å². The Kier molecular flexibility index (Phi) is 11.8. The van der Waals surface area contributed by atoms with Crippen LogP contribution in [0, 0.1) is 17.2 Å². The highest BCUT2D eigenvalue weighted by Crippen LogP contribution is 2.42. The van der Waals surface area contributed by atoms with E-state index in [0.717, 1.165) is 64.8 Å². The zero-order valence-electron chi connectivity index (χ0n) is 29.1. The number of carbonyl (C=O) groups is 1. The number of likely N-dealkylation sites (tertiary alicyclic amines) is 1. The summed E-state index contributed by atoms with van der Waals surface area (Å²) in [7, 11) is -3.45. The molecule has 0 saturated carbocycles. The van der Waals surface area contributed by atoms with Crippen molar-refractivity contribution in [2.75, 3.05) is 63.8 Å². The maximum absolute atomic E-state index is 14.4. The summed E-state index contributed by atoms with van der Waals surface area (Å²) in [5, 5.41) is 0. The summed E-state index contributed by atoms with van der Waals surface area (Å²) < 4.78 is 50.4. The molecule has 272 valence electrons. The summed E-state index contributed by atoms with van der Waals surface area (Å²) in [6, 6.07) is 3.81. The average molecular weight is 723 g/mol. The molecule has 1 spiro atoms. The standard InChI is InChI=1S/C34H51FN8O4S.ClH/c1-24(2)43(25(3)4)33(44)29-16-27(35)7-8-30(29)47-31-17-37-23-38-32(31)40-13-9-26(19-40)18-39-21-34(22-39)10-14-41(15-11-34)48(45,46)42-12-5-6-28(36)20-42;/h7-8,16-17,23-26,28H,5-6,9-15,18-22,36H2,1-4H3;1H/t26-,28+;/m0./s1. The van der Waals surface area contributed by atoms with Gasteiger partial charge >= 0.3 is 0 Å². The van der Waals surface area contributed by atoms with Gasteiger partial charge in [-0.2, -0.15) is 17.0 Å². The zero-order chi connectivity index (χ0) is 34.2. The number of ether oxygens (including phenoxy) is 1. The van der Waals surface area contributed by atoms with Crippen molar-refractivity contribution in [3.05, 3.63) is 42.1 Å². The van der Waals surface area contributed by atoms with E-state index in [4.69, 9.17) is 10.5 Å². The lowest BCUT2D eigenvalue weighted by atomic mass is 9.72. The number of hydrogen-bond donors (Lipinski definition) is 1. The number of halogens is 2. The third-order valence-corrected chi connectivity index (χ3v) is 12.5. The number of aromatic nitrogens is 2. The third-order valence-electron chi connectivity index (χ3n) is 10.5. The maximum Gasteiger partial charge on any atom is 0.282 e. The molecular formula is C34H52ClFN8O4S. The van der Waals surface area contributed by atoms with Crippen molar-refractivity contribution in [2.24, 2.45) is 17.1 Å². The minimum atomic E-state index is -3.45. The molecule has 12 nitrogen and oxygen atoms in total. The van der Waals surface area contributed by atoms with Crippen molar-refractivity contribution in [3.8, 4) is 11.5 Å². The molecule has 49 heavy (non-hydrogen) atoms. The third kappa shape index (κ3) is 8.15. The SMILES string of the molecule is CC(C)N(C(=O)c1cc(F)ccc1Oc1cncnc1N1CC[C@@H](CN2CC3(CCN(S(=O)(=O)N4CCC[C@@H](N)C4)CC3)C2)C1)C(C)C.Cl. The summed E-state index contributed by atoms with van der Waals surface area (Å²) in [5.74, 6) is 1.00. The molecule has 4 aliphatic rings. The largest absolute Gasteiger partial charge is 0.451 e. The quantitative estimate of drug-likeness (QED) is 0.388. The molecule has 5 heterocycles. The van der Waals surface area contributed by atoms with Gasteiger partial charge in [0.15, 0.2) is 11.6 Å². The summed E-state index contributed by atoms with van der Waals surface area (Å²) in [6.07, 6.45) is 7.59. The first-order valence-electron chi connectivity index (χ1n) is 17.4. The van der Waals surface area contributed by atoms with E-state index in [9.17, 15) is 17.6 Å². The summed E-state index contributed by atoms with van der Waals surface area (Å²) in [4.78, 5) is 28.7. The molecule has 4 aliphatic heterocycles. The van der Waals surface area contributed by atoms with Crippen LogP contribution in [0.3, 0.4) is 0 Å². The van der Waals surface area contributed by atoms with Gasteiger partial charge in [-0.05, 0) is 89.3 Å². The molecule has 1 aromatic heterocycles. The number of rotatable bonds is 10. The van der Waals surface area contributed by atoms with Crippen molar-refractivity contribution in [1.29, 1.82) is 0 Å². The van der Waals surface area contributed by atoms with E-state index >= 15 is 0 Å². The Balaban J connectivity index is 0.00000468. The highest BCUT2D eigenvalue weighted by atomic mass is 35.5. The van der Waals surface area contributed by atoms with Crippen LogP contribution in [0.4, 0.5) is 10.2 Å². The first-order chi connectivity index (χ1) is 22.8. The lowest BCUT2D eigenvalue weighted by Gasteiger charge is -2.54. The summed E-state index contributed by atoms with van der Waals surface area (Å²) in [5.41, 5.74) is 6.42. The Labute approximate surface area is 296 Å². The van der Waals surface area contributed by atoms with Crippen LogP contribution in [0.5, 0.6) is 11.5 Å². The second kappa shape index (κ2) is 15.3. The van der Waals surface area contributed by atoms with Crippen molar-refractivity contribution in [1.82, 2.24) is 28.4 Å². The van der Waals surface area contributed by atoms with Crippen molar-refractivity contribution < 1.29 is 22.3 Å². The smallest absolute Gasteiger partial charge is 0.282 e. The van der Waals surface area contributed by atoms with Gasteiger partial charge in [0.2, 0.25) is 0 Å². The molecule has 4 saturated heterocycles. The second-order valence-electron chi connectivity index (χ2n) is 14.8. The molecule has 6 rings (SSSR count). The van der Waals surface area contributed by atoms with E-state index in [0.29, 0.717) is 43.7 Å². The van der Waals surface area contributed by atoms with E-state index < -0.39 is 16.0 Å². The molecule has 1 aromatic carbocycles. The second-order valence-corrected chi connectivity index (χ2v) is 16.7. The van der Waals surface area contributed by atoms with Gasteiger partial charge in [0.05, 0.1) is 11.8 Å². The predicted molar refractivity (Wildman–Crippen MR) is 190 cm³/mol. The van der Waals surface area contributed by atoms with Crippen molar-refractivity contribution in [2.45, 2.75) is 77.9 Å². The number of hydrogen-bond acceptors (Lipinski definition) is 9. The number of anilines is 1. The Hall–Kier alpha value is -2.62. The van der Waals surface area contributed by atoms with Crippen LogP contribution in [-0.4, -0.2) is 120 Å². The fourth-order valence-electron chi connectivity index (χ4n) is 8.13. The summed E-state index contributed by atoms with van der Waals surface area (Å²) in [6.45, 7) is 14.5. The number of nitrogens with two attached hydrogens (primary N) is 1. The Bertz CT molecular complexity index is 1560. The Morgan fingerprint density at radius 1 is 1.04 bits per heavy atom. The van der Waals surface area contributed by atoms with Gasteiger partial charge in [-0.15, -0.1) is 12.4 Å². The number of carbonyl (C=O) groups excluding carboxylic acids is 1. The lowest BCUT2D eigenvalue weighted by Crippen LogP contribution is -2.62. The normalized spacial score (nSPS) is 23.5. The molecule has 0 unspecified atom stereocenters. The molecule has 4 fully saturated rings. The Morgan fingerprint density at radius 2 is 1.76 bits per heavy atom. The van der Waals surface area contributed by atoms with E-state index in [-0.39, 0.29) is 53.2 Å². The lowest BCUT2D eigenvalue weighted by molar-refractivity contribution is -0.0413. The molecule has 2 N–H and O–H groups in total. The van der Waals surface area contributed by atoms with Gasteiger partial charge in [0.1, 0.15) is 17.9 Å². The molecule has 2 aromatic rings. The van der Waals surface area contributed by atoms with Crippen LogP contribution in [0.1, 0.15) is 70.2 Å². The predicted octanol–water partition coefficient (Wildman–Crippen LogP) is 3.98. The van der Waals surface area contributed by atoms with Gasteiger partial charge in [-0.3, -0.25) is 4.79 Å². The van der Waals surface area contributed by atoms with E-state index in [1.807, 2.05) is 27.7 Å². The first-order valence-corrected chi connectivity index (χ1v) is 18.8. The van der Waals surface area contributed by atoms with E-state index in [1.54, 1.807) is 19.7 Å². The summed E-state index contributed by atoms with van der Waals surface area (Å²) >= 11 is 0. The van der Waals surface area contributed by atoms with E-state index in [1.165, 1.54) is 24.5 Å². The van der Waals surface area contributed by atoms with Gasteiger partial charge < -0.3 is 25.2 Å². The van der Waals surface area contributed by atoms with Gasteiger partial charge in [0.25, 0.3) is 16.1 Å². The minimum absolute atomic E-state index is 0. The number of piperidine rings is 2. The molecule has 0 radical (unpaired) electrons. The van der Waals surface area contributed by atoms with Crippen LogP contribution in [0.15, 0.2) is 30.7 Å². The molecule has 2 atom stereocenters. The van der Waals surface area contributed by atoms with Crippen LogP contribution < -0.4 is 15.4 Å². The molecule has 1 amide bonds. The fraction of sp³-hybridized carbons (Fsp3) is 0.676. The van der Waals surface area contributed by atoms with Crippen LogP contribution >= 0.6 is 12.4 Å². The number of benzene rings is 1. The van der Waals surface area contributed by atoms with Crippen molar-refractivity contribution in [3.63, 3.8) is 0 Å². The van der Waals surface area contributed by atoms with Gasteiger partial charge in [0, 0.05) is 77.0 Å². The topological polar surface area (TPSA) is 128 Å². The molecular weight excluding hydrogens is 671 g/mol. The highest BCUT2D eigenvalue weighted by Gasteiger charge is 2.48. The van der Waals surface area contributed by atoms with Crippen LogP contribution in [0.2, 0.25) is 0 Å². The molecule has 0 bridgehead atoms. The van der Waals surface area contributed by atoms with E-state index in [2.05, 4.69) is 19.8 Å². The fourth-order valence-corrected chi connectivity index (χ4v) is 9.84. The minimum Gasteiger partial charge on any atom is -0.451 e. The zero-order valence-corrected chi connectivity index (χ0v) is 30.8. The number of nitrogens with zero attached hydrogens (tertiary/aromatic N) is 7. The maximum atomic E-state index is 14.4. The monoisotopic (exact) mass is 722 g/mol. The average Bonchev–Trinajstić information content (AvgIpc) is 3.49. The Morgan fingerprint density at radius 3 is 2.43 bits per heavy atom. The molecule has 0 aliphatic carbocycles. The number of amides is 1.